The quantitative estimate of drug-likeness (QED) is 0.351. The summed E-state index contributed by atoms with van der Waals surface area (Å²) in [7, 11) is 3.78. The second-order valence-corrected chi connectivity index (χ2v) is 8.94. The standard InChI is InChI=1S/C19H24NP.CHO.Ir/c1-20(2)18-14-9-15-19(18)21(16-10-5-3-6-11-16)17-12-7-4-8-13-17;1-2;/h3-8,10-13,18-19H,9,14-15H2,1-2H3;1H;/q;-1;/p+1/i;1D;. The molecule has 0 heterocycles. The van der Waals surface area contributed by atoms with Crippen molar-refractivity contribution in [2.45, 2.75) is 31.0 Å². The Morgan fingerprint density at radius 2 is 1.46 bits per heavy atom. The predicted molar refractivity (Wildman–Crippen MR) is 102 cm³/mol. The van der Waals surface area contributed by atoms with E-state index in [4.69, 9.17) is 6.17 Å². The average Bonchev–Trinajstić information content (AvgIpc) is 3.07. The third-order valence-electron chi connectivity index (χ3n) is 4.68. The van der Waals surface area contributed by atoms with Gasteiger partial charge in [0, 0.05) is 26.1 Å². The van der Waals surface area contributed by atoms with E-state index < -0.39 is 7.92 Å². The van der Waals surface area contributed by atoms with Crippen LogP contribution in [0.25, 0.3) is 0 Å². The third kappa shape index (κ3) is 5.07. The second-order valence-electron chi connectivity index (χ2n) is 6.21. The summed E-state index contributed by atoms with van der Waals surface area (Å²) in [5, 5.41) is 3.12. The van der Waals surface area contributed by atoms with Crippen LogP contribution in [-0.4, -0.2) is 37.5 Å². The van der Waals surface area contributed by atoms with Crippen molar-refractivity contribution in [2.75, 3.05) is 14.1 Å². The van der Waals surface area contributed by atoms with Crippen LogP contribution in [-0.2, 0) is 24.9 Å². The molecule has 24 heavy (non-hydrogen) atoms. The fourth-order valence-corrected chi connectivity index (χ4v) is 7.36. The maximum absolute atomic E-state index is 8.35. The van der Waals surface area contributed by atoms with Crippen LogP contribution in [0.2, 0.25) is 0 Å². The van der Waals surface area contributed by atoms with Gasteiger partial charge in [-0.05, 0) is 57.6 Å². The van der Waals surface area contributed by atoms with Gasteiger partial charge in [0.05, 0.1) is 24.2 Å². The maximum atomic E-state index is 8.35. The third-order valence-corrected chi connectivity index (χ3v) is 8.01. The molecule has 0 aliphatic heterocycles. The Bertz CT molecular complexity index is 572. The van der Waals surface area contributed by atoms with Gasteiger partial charge < -0.3 is 9.69 Å². The van der Waals surface area contributed by atoms with Crippen molar-refractivity contribution in [3.8, 4) is 0 Å². The van der Waals surface area contributed by atoms with Crippen LogP contribution in [0.3, 0.4) is 0 Å². The van der Waals surface area contributed by atoms with Crippen LogP contribution in [0.15, 0.2) is 60.7 Å². The van der Waals surface area contributed by atoms with Gasteiger partial charge in [0.25, 0.3) is 0 Å². The number of benzene rings is 2. The topological polar surface area (TPSA) is 20.3 Å². The van der Waals surface area contributed by atoms with Gasteiger partial charge in [0.1, 0.15) is 0 Å². The van der Waals surface area contributed by atoms with Crippen molar-refractivity contribution in [1.29, 1.82) is 0 Å². The van der Waals surface area contributed by atoms with E-state index in [1.807, 2.05) is 0 Å². The summed E-state index contributed by atoms with van der Waals surface area (Å²) in [4.78, 5) is 10.8. The van der Waals surface area contributed by atoms with Gasteiger partial charge >= 0.3 is 0 Å². The van der Waals surface area contributed by atoms with E-state index >= 15 is 0 Å². The van der Waals surface area contributed by atoms with Gasteiger partial charge in [-0.2, -0.15) is 1.37 Å². The summed E-state index contributed by atoms with van der Waals surface area (Å²) in [5.74, 6) is 0. The summed E-state index contributed by atoms with van der Waals surface area (Å²) < 4.78 is 5.40. The molecule has 2 nitrogen and oxygen atoms in total. The molecule has 2 atom stereocenters. The smallest absolute Gasteiger partial charge is 0.0970 e. The van der Waals surface area contributed by atoms with Crippen molar-refractivity contribution < 1.29 is 26.3 Å². The molecule has 4 heteroatoms. The molecule has 2 aromatic rings. The number of carbonyl (C=O) groups excluding carboxylic acids is 1. The van der Waals surface area contributed by atoms with Crippen molar-refractivity contribution in [3.63, 3.8) is 0 Å². The average molecular weight is 521 g/mol. The minimum absolute atomic E-state index is 0. The summed E-state index contributed by atoms with van der Waals surface area (Å²) in [6, 6.07) is 23.1. The molecule has 0 N–H and O–H groups in total. The van der Waals surface area contributed by atoms with Gasteiger partial charge in [-0.25, -0.2) is 0 Å². The van der Waals surface area contributed by atoms with E-state index in [2.05, 4.69) is 79.7 Å². The van der Waals surface area contributed by atoms with Crippen LogP contribution in [0.5, 0.6) is 0 Å². The summed E-state index contributed by atoms with van der Waals surface area (Å²) >= 11 is 0. The first-order valence-electron chi connectivity index (χ1n) is 8.62. The Labute approximate surface area is 162 Å². The van der Waals surface area contributed by atoms with Crippen molar-refractivity contribution in [3.05, 3.63) is 60.7 Å². The van der Waals surface area contributed by atoms with Gasteiger partial charge in [-0.15, -0.1) is 0 Å². The Hall–Kier alpha value is -0.851. The molecule has 2 unspecified atom stereocenters. The SMILES string of the molecule is CN(C)C1CCCC1[PH+](c1ccccc1)c1ccccc1.[2H][C-]=O.[Ir]. The minimum atomic E-state index is -0.712. The molecule has 1 radical (unpaired) electrons. The van der Waals surface area contributed by atoms with Crippen LogP contribution in [0.1, 0.15) is 20.6 Å². The molecule has 3 rings (SSSR count). The first-order valence-corrected chi connectivity index (χ1v) is 9.69. The number of rotatable bonds is 4. The normalized spacial score (nSPS) is 19.9. The molecule has 1 aliphatic rings. The fourth-order valence-electron chi connectivity index (χ4n) is 3.73. The molecule has 131 valence electrons. The van der Waals surface area contributed by atoms with E-state index in [9.17, 15) is 0 Å². The zero-order valence-corrected chi connectivity index (χ0v) is 17.6. The number of hydrogen-bond acceptors (Lipinski definition) is 2. The Balaban J connectivity index is 0.000000730. The van der Waals surface area contributed by atoms with Crippen molar-refractivity contribution >= 4 is 25.3 Å². The van der Waals surface area contributed by atoms with Crippen LogP contribution in [0, 0.1) is 0 Å². The molecule has 0 spiro atoms. The molecule has 1 fully saturated rings. The molecule has 1 aliphatic carbocycles. The largest absolute Gasteiger partial charge is 0.545 e. The Kier molecular flexibility index (Phi) is 8.84. The predicted octanol–water partition coefficient (Wildman–Crippen LogP) is 3.06. The van der Waals surface area contributed by atoms with E-state index in [0.29, 0.717) is 0 Å². The molecule has 0 bridgehead atoms. The molecule has 0 amide bonds. The fraction of sp³-hybridized carbons (Fsp3) is 0.350. The second kappa shape index (κ2) is 10.9. The summed E-state index contributed by atoms with van der Waals surface area (Å²) in [6.45, 7) is 0.750. The van der Waals surface area contributed by atoms with Crippen LogP contribution < -0.4 is 10.6 Å². The summed E-state index contributed by atoms with van der Waals surface area (Å²) in [6.07, 6.45) is 4.10. The number of nitrogens with zero attached hydrogens (tertiary/aromatic N) is 1. The molecular formula is C20H26IrNOP. The molecule has 0 aromatic heterocycles. The Morgan fingerprint density at radius 1 is 1.00 bits per heavy atom. The molecule has 2 aromatic carbocycles. The van der Waals surface area contributed by atoms with Gasteiger partial charge in [-0.3, -0.25) is 6.77 Å². The van der Waals surface area contributed by atoms with E-state index in [1.165, 1.54) is 19.3 Å². The zero-order valence-electron chi connectivity index (χ0n) is 15.2. The van der Waals surface area contributed by atoms with E-state index in [0.717, 1.165) is 18.5 Å². The minimum Gasteiger partial charge on any atom is -0.545 e. The van der Waals surface area contributed by atoms with Crippen molar-refractivity contribution in [1.82, 2.24) is 4.90 Å². The first kappa shape index (κ1) is 19.5. The van der Waals surface area contributed by atoms with Crippen LogP contribution >= 0.6 is 7.92 Å². The molecular weight excluding hydrogens is 493 g/mol. The van der Waals surface area contributed by atoms with Gasteiger partial charge in [-0.1, -0.05) is 36.4 Å². The van der Waals surface area contributed by atoms with Crippen LogP contribution in [0.4, 0.5) is 0 Å². The summed E-state index contributed by atoms with van der Waals surface area (Å²) in [5.41, 5.74) is 0.815. The zero-order chi connectivity index (χ0) is 17.4. The van der Waals surface area contributed by atoms with Gasteiger partial charge in [0.15, 0.2) is 0 Å². The molecule has 0 saturated heterocycles. The Morgan fingerprint density at radius 3 is 1.88 bits per heavy atom. The molecule has 1 saturated carbocycles. The van der Waals surface area contributed by atoms with Crippen molar-refractivity contribution in [2.24, 2.45) is 0 Å². The van der Waals surface area contributed by atoms with Gasteiger partial charge in [0.2, 0.25) is 0 Å². The first-order chi connectivity index (χ1) is 11.7. The van der Waals surface area contributed by atoms with E-state index in [-0.39, 0.29) is 20.1 Å². The number of hydrogen-bond donors (Lipinski definition) is 0. The van der Waals surface area contributed by atoms with E-state index in [1.54, 1.807) is 10.6 Å². The monoisotopic (exact) mass is 521 g/mol. The maximum Gasteiger partial charge on any atom is 0.0970 e.